The fourth-order valence-electron chi connectivity index (χ4n) is 5.76. The van der Waals surface area contributed by atoms with Gasteiger partial charge in [-0.3, -0.25) is 10.1 Å². The lowest BCUT2D eigenvalue weighted by Crippen LogP contribution is -2.39. The second-order valence-corrected chi connectivity index (χ2v) is 13.4. The number of hydrogen-bond acceptors (Lipinski definition) is 8. The van der Waals surface area contributed by atoms with E-state index < -0.39 is 23.8 Å². The van der Waals surface area contributed by atoms with Gasteiger partial charge in [0, 0.05) is 34.2 Å². The van der Waals surface area contributed by atoms with Crippen molar-refractivity contribution in [3.63, 3.8) is 0 Å². The first-order valence-corrected chi connectivity index (χ1v) is 16.6. The standard InChI is InChI=1S/C34H34Cl2FN3O7S/c1-38-12-10-21(11-13-38)47-34(43)40(29-7-5-4-6-28(29)37)17-22-15-24(32(48-22)33(41)42)23(16-25-26(35)18-39(44)19-27(25)36)20-8-9-30(45-2)31(14-20)46-3/h4-9,14-15,18-19,21,23H,10-13,16-17H2,1-3H3,(H-,41,42,44)/p+1/t23-/m0/s1. The SMILES string of the molecule is COc1ccc([C@H](Cc2c(Cl)c[n+](O)cc2Cl)c2cc(CN(C(=O)OC3CCN(C)CC3)c3ccccc3F)sc2C(=O)O)cc1OC. The number of ether oxygens (including phenoxy) is 3. The maximum Gasteiger partial charge on any atom is 0.414 e. The van der Waals surface area contributed by atoms with Crippen molar-refractivity contribution in [2.24, 2.45) is 0 Å². The highest BCUT2D eigenvalue weighted by atomic mass is 35.5. The molecule has 1 saturated heterocycles. The van der Waals surface area contributed by atoms with E-state index in [2.05, 4.69) is 4.90 Å². The minimum absolute atomic E-state index is 0.0128. The largest absolute Gasteiger partial charge is 0.493 e. The molecule has 1 amide bonds. The number of anilines is 1. The number of pyridine rings is 1. The molecule has 2 aromatic heterocycles. The van der Waals surface area contributed by atoms with Gasteiger partial charge in [-0.15, -0.1) is 11.3 Å². The highest BCUT2D eigenvalue weighted by Crippen LogP contribution is 2.41. The van der Waals surface area contributed by atoms with Crippen molar-refractivity contribution in [3.05, 3.63) is 103 Å². The summed E-state index contributed by atoms with van der Waals surface area (Å²) in [7, 11) is 5.00. The van der Waals surface area contributed by atoms with Crippen LogP contribution >= 0.6 is 34.5 Å². The van der Waals surface area contributed by atoms with Crippen LogP contribution in [0.25, 0.3) is 0 Å². The van der Waals surface area contributed by atoms with E-state index in [-0.39, 0.29) is 39.7 Å². The first-order valence-electron chi connectivity index (χ1n) is 15.1. The van der Waals surface area contributed by atoms with Crippen LogP contribution in [0, 0.1) is 5.82 Å². The number of aromatic carboxylic acids is 1. The molecule has 1 aliphatic heterocycles. The minimum Gasteiger partial charge on any atom is -0.493 e. The van der Waals surface area contributed by atoms with Gasteiger partial charge >= 0.3 is 12.1 Å². The minimum atomic E-state index is -1.18. The van der Waals surface area contributed by atoms with Crippen LogP contribution in [0.2, 0.25) is 10.0 Å². The van der Waals surface area contributed by atoms with Crippen molar-refractivity contribution < 1.29 is 43.2 Å². The number of hydrogen-bond donors (Lipinski definition) is 2. The number of nitrogens with zero attached hydrogens (tertiary/aromatic N) is 3. The monoisotopic (exact) mass is 718 g/mol. The summed E-state index contributed by atoms with van der Waals surface area (Å²) in [6, 6.07) is 12.8. The zero-order valence-electron chi connectivity index (χ0n) is 26.5. The van der Waals surface area contributed by atoms with E-state index >= 15 is 4.39 Å². The number of aromatic nitrogens is 1. The number of carbonyl (C=O) groups excluding carboxylic acids is 1. The van der Waals surface area contributed by atoms with E-state index in [9.17, 15) is 19.9 Å². The van der Waals surface area contributed by atoms with Gasteiger partial charge in [0.1, 0.15) is 26.8 Å². The summed E-state index contributed by atoms with van der Waals surface area (Å²) < 4.78 is 32.7. The highest BCUT2D eigenvalue weighted by Gasteiger charge is 2.31. The van der Waals surface area contributed by atoms with Crippen molar-refractivity contribution in [1.82, 2.24) is 4.90 Å². The number of carbonyl (C=O) groups is 2. The molecule has 4 aromatic rings. The van der Waals surface area contributed by atoms with Gasteiger partial charge in [-0.25, -0.2) is 14.0 Å². The fourth-order valence-corrected chi connectivity index (χ4v) is 7.42. The summed E-state index contributed by atoms with van der Waals surface area (Å²) in [6.07, 6.45) is 2.95. The van der Waals surface area contributed by atoms with Crippen LogP contribution in [-0.2, 0) is 17.7 Å². The van der Waals surface area contributed by atoms with E-state index in [1.165, 1.54) is 49.7 Å². The Morgan fingerprint density at radius 2 is 1.73 bits per heavy atom. The molecule has 2 aromatic carbocycles. The van der Waals surface area contributed by atoms with Gasteiger partial charge in [0.05, 0.1) is 26.5 Å². The third-order valence-electron chi connectivity index (χ3n) is 8.28. The molecule has 14 heteroatoms. The number of amides is 1. The van der Waals surface area contributed by atoms with E-state index in [4.69, 9.17) is 37.4 Å². The van der Waals surface area contributed by atoms with E-state index in [1.807, 2.05) is 7.05 Å². The van der Waals surface area contributed by atoms with Gasteiger partial charge in [0.25, 0.3) is 0 Å². The van der Waals surface area contributed by atoms with Crippen molar-refractivity contribution in [2.45, 2.75) is 37.8 Å². The predicted molar refractivity (Wildman–Crippen MR) is 180 cm³/mol. The summed E-state index contributed by atoms with van der Waals surface area (Å²) >= 11 is 14.0. The number of thiophene rings is 1. The quantitative estimate of drug-likeness (QED) is 0.125. The molecule has 0 bridgehead atoms. The molecule has 0 unspecified atom stereocenters. The summed E-state index contributed by atoms with van der Waals surface area (Å²) in [5, 5.41) is 20.7. The zero-order chi connectivity index (χ0) is 34.5. The lowest BCUT2D eigenvalue weighted by Gasteiger charge is -2.31. The van der Waals surface area contributed by atoms with E-state index in [1.54, 1.807) is 30.3 Å². The molecule has 1 aliphatic rings. The Labute approximate surface area is 291 Å². The maximum absolute atomic E-state index is 15.2. The van der Waals surface area contributed by atoms with Gasteiger partial charge in [-0.05, 0) is 67.8 Å². The molecular weight excluding hydrogens is 684 g/mol. The van der Waals surface area contributed by atoms with Crippen LogP contribution in [0.1, 0.15) is 50.0 Å². The lowest BCUT2D eigenvalue weighted by molar-refractivity contribution is -0.904. The Hall–Kier alpha value is -4.10. The van der Waals surface area contributed by atoms with Crippen LogP contribution in [0.4, 0.5) is 14.9 Å². The average Bonchev–Trinajstić information content (AvgIpc) is 3.48. The molecular formula is C34H35Cl2FN3O7S+. The van der Waals surface area contributed by atoms with Crippen molar-refractivity contribution in [2.75, 3.05) is 39.3 Å². The molecule has 48 heavy (non-hydrogen) atoms. The third kappa shape index (κ3) is 7.95. The Bertz CT molecular complexity index is 1780. The second kappa shape index (κ2) is 15.4. The van der Waals surface area contributed by atoms with E-state index in [0.29, 0.717) is 45.9 Å². The number of para-hydroxylation sites is 1. The van der Waals surface area contributed by atoms with Crippen molar-refractivity contribution >= 4 is 52.3 Å². The first-order chi connectivity index (χ1) is 23.0. The molecule has 3 heterocycles. The molecule has 5 rings (SSSR count). The Morgan fingerprint density at radius 1 is 1.06 bits per heavy atom. The summed E-state index contributed by atoms with van der Waals surface area (Å²) in [4.78, 5) is 30.2. The molecule has 10 nitrogen and oxygen atoms in total. The number of likely N-dealkylation sites (tertiary alicyclic amines) is 1. The topological polar surface area (TPSA) is 113 Å². The number of piperidine rings is 1. The number of carboxylic acids is 1. The summed E-state index contributed by atoms with van der Waals surface area (Å²) in [6.45, 7) is 1.38. The number of rotatable bonds is 11. The van der Waals surface area contributed by atoms with Gasteiger partial charge in [-0.1, -0.05) is 41.4 Å². The Balaban J connectivity index is 1.58. The van der Waals surface area contributed by atoms with Crippen LogP contribution in [0.5, 0.6) is 11.5 Å². The molecule has 2 N–H and O–H groups in total. The van der Waals surface area contributed by atoms with Crippen LogP contribution < -0.4 is 19.1 Å². The molecule has 254 valence electrons. The normalized spacial score (nSPS) is 14.4. The molecule has 0 aliphatic carbocycles. The third-order valence-corrected chi connectivity index (χ3v) is 10.1. The summed E-state index contributed by atoms with van der Waals surface area (Å²) in [5.41, 5.74) is 1.57. The zero-order valence-corrected chi connectivity index (χ0v) is 28.8. The number of methoxy groups -OCH3 is 2. The summed E-state index contributed by atoms with van der Waals surface area (Å²) in [5.74, 6) is -1.54. The number of carboxylic acid groups (broad SMARTS) is 1. The fraction of sp³-hybridized carbons (Fsp3) is 0.324. The first kappa shape index (κ1) is 35.2. The smallest absolute Gasteiger partial charge is 0.414 e. The predicted octanol–water partition coefficient (Wildman–Crippen LogP) is 7.05. The average molecular weight is 720 g/mol. The second-order valence-electron chi connectivity index (χ2n) is 11.4. The van der Waals surface area contributed by atoms with Gasteiger partial charge in [-0.2, -0.15) is 0 Å². The van der Waals surface area contributed by atoms with Crippen molar-refractivity contribution in [3.8, 4) is 11.5 Å². The van der Waals surface area contributed by atoms with Gasteiger partial charge in [0.2, 0.25) is 12.4 Å². The van der Waals surface area contributed by atoms with Crippen LogP contribution in [0.15, 0.2) is 60.9 Å². The Kier molecular flexibility index (Phi) is 11.3. The number of halogens is 3. The van der Waals surface area contributed by atoms with Gasteiger partial charge in [0.15, 0.2) is 11.5 Å². The van der Waals surface area contributed by atoms with E-state index in [0.717, 1.165) is 29.2 Å². The molecule has 0 saturated carbocycles. The highest BCUT2D eigenvalue weighted by molar-refractivity contribution is 7.14. The van der Waals surface area contributed by atoms with Crippen LogP contribution in [0.3, 0.4) is 0 Å². The number of benzene rings is 2. The molecule has 0 spiro atoms. The Morgan fingerprint density at radius 3 is 2.35 bits per heavy atom. The van der Waals surface area contributed by atoms with Gasteiger partial charge < -0.3 is 24.2 Å². The van der Waals surface area contributed by atoms with Crippen molar-refractivity contribution in [1.29, 1.82) is 0 Å². The lowest BCUT2D eigenvalue weighted by atomic mass is 9.85. The van der Waals surface area contributed by atoms with Crippen LogP contribution in [-0.4, -0.2) is 67.7 Å². The molecule has 1 atom stereocenters. The maximum atomic E-state index is 15.2. The molecule has 0 radical (unpaired) electrons. The molecule has 1 fully saturated rings.